The summed E-state index contributed by atoms with van der Waals surface area (Å²) in [6.07, 6.45) is 0.607. The molecule has 0 atom stereocenters. The molecule has 23 heavy (non-hydrogen) atoms. The molecule has 124 valence electrons. The number of methoxy groups -OCH3 is 1. The van der Waals surface area contributed by atoms with E-state index in [0.29, 0.717) is 18.7 Å². The summed E-state index contributed by atoms with van der Waals surface area (Å²) in [5, 5.41) is 0. The van der Waals surface area contributed by atoms with Crippen LogP contribution in [0, 0.1) is 0 Å². The second kappa shape index (κ2) is 8.55. The van der Waals surface area contributed by atoms with E-state index in [9.17, 15) is 8.42 Å². The minimum atomic E-state index is -3.34. The first-order valence-electron chi connectivity index (χ1n) is 7.37. The lowest BCUT2D eigenvalue weighted by Crippen LogP contribution is -2.30. The molecular weight excluding hydrogens is 314 g/mol. The monoisotopic (exact) mass is 335 g/mol. The largest absolute Gasteiger partial charge is 0.497 e. The number of hydrogen-bond donors (Lipinski definition) is 1. The maximum Gasteiger partial charge on any atom is 0.214 e. The van der Waals surface area contributed by atoms with Crippen LogP contribution in [-0.4, -0.2) is 34.4 Å². The fourth-order valence-corrected chi connectivity index (χ4v) is 2.90. The van der Waals surface area contributed by atoms with E-state index in [2.05, 4.69) is 4.72 Å². The molecule has 0 saturated carbocycles. The van der Waals surface area contributed by atoms with Gasteiger partial charge in [0.25, 0.3) is 0 Å². The molecule has 0 saturated heterocycles. The highest BCUT2D eigenvalue weighted by Gasteiger charge is 2.10. The van der Waals surface area contributed by atoms with E-state index < -0.39 is 10.0 Å². The van der Waals surface area contributed by atoms with Crippen molar-refractivity contribution in [2.24, 2.45) is 0 Å². The van der Waals surface area contributed by atoms with Gasteiger partial charge in [0.1, 0.15) is 18.1 Å². The molecule has 0 radical (unpaired) electrons. The minimum absolute atomic E-state index is 0.0694. The topological polar surface area (TPSA) is 64.6 Å². The average molecular weight is 335 g/mol. The van der Waals surface area contributed by atoms with Gasteiger partial charge in [-0.3, -0.25) is 0 Å². The number of sulfonamides is 1. The van der Waals surface area contributed by atoms with Crippen LogP contribution in [-0.2, 0) is 16.4 Å². The van der Waals surface area contributed by atoms with Crippen molar-refractivity contribution in [2.75, 3.05) is 26.0 Å². The predicted octanol–water partition coefficient (Wildman–Crippen LogP) is 2.24. The molecule has 0 heterocycles. The number of nitrogens with one attached hydrogen (secondary N) is 1. The molecular formula is C17H21NO4S. The van der Waals surface area contributed by atoms with Gasteiger partial charge in [-0.05, 0) is 36.2 Å². The van der Waals surface area contributed by atoms with E-state index in [1.807, 2.05) is 42.5 Å². The zero-order chi connectivity index (χ0) is 16.5. The highest BCUT2D eigenvalue weighted by Crippen LogP contribution is 2.12. The van der Waals surface area contributed by atoms with Gasteiger partial charge in [-0.25, -0.2) is 13.1 Å². The number of rotatable bonds is 9. The Hall–Kier alpha value is -2.05. The van der Waals surface area contributed by atoms with Gasteiger partial charge < -0.3 is 9.47 Å². The molecule has 0 aromatic heterocycles. The number of benzene rings is 2. The molecule has 0 aliphatic rings. The Kier molecular flexibility index (Phi) is 6.43. The number of para-hydroxylation sites is 1. The van der Waals surface area contributed by atoms with Crippen LogP contribution in [0.4, 0.5) is 0 Å². The van der Waals surface area contributed by atoms with E-state index in [-0.39, 0.29) is 12.4 Å². The minimum Gasteiger partial charge on any atom is -0.497 e. The third kappa shape index (κ3) is 6.30. The number of ether oxygens (including phenoxy) is 2. The summed E-state index contributed by atoms with van der Waals surface area (Å²) in [6, 6.07) is 16.7. The van der Waals surface area contributed by atoms with Crippen molar-refractivity contribution >= 4 is 10.0 Å². The molecule has 0 amide bonds. The Labute approximate surface area is 137 Å². The van der Waals surface area contributed by atoms with Crippen molar-refractivity contribution in [1.82, 2.24) is 4.72 Å². The maximum absolute atomic E-state index is 11.9. The van der Waals surface area contributed by atoms with Gasteiger partial charge in [-0.1, -0.05) is 30.3 Å². The molecule has 2 rings (SSSR count). The molecule has 0 aliphatic carbocycles. The lowest BCUT2D eigenvalue weighted by Gasteiger charge is -2.09. The van der Waals surface area contributed by atoms with Crippen LogP contribution < -0.4 is 14.2 Å². The lowest BCUT2D eigenvalue weighted by atomic mass is 10.1. The van der Waals surface area contributed by atoms with Gasteiger partial charge in [0, 0.05) is 6.54 Å². The Morgan fingerprint density at radius 3 is 2.48 bits per heavy atom. The van der Waals surface area contributed by atoms with Crippen molar-refractivity contribution < 1.29 is 17.9 Å². The van der Waals surface area contributed by atoms with Gasteiger partial charge >= 0.3 is 0 Å². The van der Waals surface area contributed by atoms with Gasteiger partial charge in [-0.2, -0.15) is 0 Å². The van der Waals surface area contributed by atoms with Crippen molar-refractivity contribution in [2.45, 2.75) is 6.42 Å². The molecule has 2 aromatic rings. The first-order chi connectivity index (χ1) is 11.1. The zero-order valence-corrected chi connectivity index (χ0v) is 13.9. The van der Waals surface area contributed by atoms with Gasteiger partial charge in [0.2, 0.25) is 10.0 Å². The van der Waals surface area contributed by atoms with Crippen LogP contribution in [0.25, 0.3) is 0 Å². The Balaban J connectivity index is 1.73. The molecule has 5 nitrogen and oxygen atoms in total. The molecule has 0 unspecified atom stereocenters. The summed E-state index contributed by atoms with van der Waals surface area (Å²) in [5.74, 6) is 1.36. The van der Waals surface area contributed by atoms with Crippen LogP contribution in [0.3, 0.4) is 0 Å². The van der Waals surface area contributed by atoms with Crippen LogP contribution in [0.5, 0.6) is 11.5 Å². The molecule has 0 fully saturated rings. The highest BCUT2D eigenvalue weighted by atomic mass is 32.2. The highest BCUT2D eigenvalue weighted by molar-refractivity contribution is 7.89. The summed E-state index contributed by atoms with van der Waals surface area (Å²) in [4.78, 5) is 0. The van der Waals surface area contributed by atoms with E-state index in [1.165, 1.54) is 0 Å². The number of hydrogen-bond acceptors (Lipinski definition) is 4. The van der Waals surface area contributed by atoms with E-state index in [4.69, 9.17) is 9.47 Å². The van der Waals surface area contributed by atoms with Crippen LogP contribution in [0.15, 0.2) is 54.6 Å². The summed E-state index contributed by atoms with van der Waals surface area (Å²) < 4.78 is 37.0. The third-order valence-corrected chi connectivity index (χ3v) is 4.58. The maximum atomic E-state index is 11.9. The summed E-state index contributed by atoms with van der Waals surface area (Å²) >= 11 is 0. The van der Waals surface area contributed by atoms with E-state index >= 15 is 0 Å². The van der Waals surface area contributed by atoms with Crippen molar-refractivity contribution in [3.05, 3.63) is 60.2 Å². The quantitative estimate of drug-likeness (QED) is 0.763. The second-order valence-corrected chi connectivity index (χ2v) is 6.90. The van der Waals surface area contributed by atoms with Gasteiger partial charge in [0.05, 0.1) is 12.9 Å². The summed E-state index contributed by atoms with van der Waals surface area (Å²) in [7, 11) is -1.74. The average Bonchev–Trinajstić information content (AvgIpc) is 2.56. The van der Waals surface area contributed by atoms with E-state index in [0.717, 1.165) is 11.3 Å². The van der Waals surface area contributed by atoms with Crippen LogP contribution in [0.1, 0.15) is 5.56 Å². The molecule has 6 heteroatoms. The van der Waals surface area contributed by atoms with Gasteiger partial charge in [0.15, 0.2) is 0 Å². The lowest BCUT2D eigenvalue weighted by molar-refractivity contribution is 0.340. The Morgan fingerprint density at radius 2 is 1.74 bits per heavy atom. The zero-order valence-electron chi connectivity index (χ0n) is 13.1. The molecule has 1 N–H and O–H groups in total. The summed E-state index contributed by atoms with van der Waals surface area (Å²) in [5.41, 5.74) is 1.02. The molecule has 0 aliphatic heterocycles. The fraction of sp³-hybridized carbons (Fsp3) is 0.294. The SMILES string of the molecule is COc1cccc(CCNS(=O)(=O)CCOc2ccccc2)c1. The second-order valence-electron chi connectivity index (χ2n) is 4.98. The fourth-order valence-electron chi connectivity index (χ4n) is 2.04. The first kappa shape index (κ1) is 17.3. The van der Waals surface area contributed by atoms with Gasteiger partial charge in [-0.15, -0.1) is 0 Å². The van der Waals surface area contributed by atoms with Crippen molar-refractivity contribution in [1.29, 1.82) is 0 Å². The summed E-state index contributed by atoms with van der Waals surface area (Å²) in [6.45, 7) is 0.472. The third-order valence-electron chi connectivity index (χ3n) is 3.23. The van der Waals surface area contributed by atoms with Crippen molar-refractivity contribution in [3.63, 3.8) is 0 Å². The molecule has 0 spiro atoms. The van der Waals surface area contributed by atoms with E-state index in [1.54, 1.807) is 19.2 Å². The molecule has 2 aromatic carbocycles. The normalized spacial score (nSPS) is 11.2. The Morgan fingerprint density at radius 1 is 1.00 bits per heavy atom. The molecule has 0 bridgehead atoms. The van der Waals surface area contributed by atoms with Crippen LogP contribution >= 0.6 is 0 Å². The smallest absolute Gasteiger partial charge is 0.214 e. The predicted molar refractivity (Wildman–Crippen MR) is 90.4 cm³/mol. The first-order valence-corrected chi connectivity index (χ1v) is 9.02. The van der Waals surface area contributed by atoms with Crippen LogP contribution in [0.2, 0.25) is 0 Å². The standard InChI is InChI=1S/C17H21NO4S/c1-21-17-9-5-6-15(14-17)10-11-18-23(19,20)13-12-22-16-7-3-2-4-8-16/h2-9,14,18H,10-13H2,1H3. The van der Waals surface area contributed by atoms with Crippen molar-refractivity contribution in [3.8, 4) is 11.5 Å². The Bertz CT molecular complexity index is 702.